The molecule has 0 spiro atoms. The monoisotopic (exact) mass is 385 g/mol. The molecule has 1 amide bonds. The van der Waals surface area contributed by atoms with E-state index in [1.807, 2.05) is 0 Å². The Morgan fingerprint density at radius 2 is 1.71 bits per heavy atom. The number of carbonyl (C=O) groups is 1. The zero-order chi connectivity index (χ0) is 19.6. The zero-order valence-corrected chi connectivity index (χ0v) is 17.7. The molecule has 1 N–H and O–H groups in total. The van der Waals surface area contributed by atoms with E-state index in [0.29, 0.717) is 5.91 Å². The van der Waals surface area contributed by atoms with E-state index in [1.165, 1.54) is 50.9 Å². The molecule has 0 bridgehead atoms. The van der Waals surface area contributed by atoms with Crippen molar-refractivity contribution in [1.82, 2.24) is 15.1 Å². The predicted molar refractivity (Wildman–Crippen MR) is 116 cm³/mol. The van der Waals surface area contributed by atoms with Crippen LogP contribution in [0.1, 0.15) is 57.4 Å². The molecule has 0 atom stereocenters. The topological polar surface area (TPSA) is 35.6 Å². The largest absolute Gasteiger partial charge is 0.356 e. The number of hydrogen-bond donors (Lipinski definition) is 1. The number of unbranched alkanes of at least 4 members (excludes halogenated alkanes) is 1. The molecule has 2 aliphatic heterocycles. The minimum absolute atomic E-state index is 0.242. The number of piperidine rings is 2. The summed E-state index contributed by atoms with van der Waals surface area (Å²) in [5.41, 5.74) is 1.46. The van der Waals surface area contributed by atoms with Crippen LogP contribution in [0.2, 0.25) is 0 Å². The first-order valence-corrected chi connectivity index (χ1v) is 11.5. The van der Waals surface area contributed by atoms with Gasteiger partial charge in [-0.05, 0) is 83.2 Å². The third kappa shape index (κ3) is 6.59. The van der Waals surface area contributed by atoms with Crippen LogP contribution < -0.4 is 5.32 Å². The van der Waals surface area contributed by atoms with Crippen molar-refractivity contribution in [3.05, 3.63) is 35.9 Å². The van der Waals surface area contributed by atoms with Crippen LogP contribution in [0.5, 0.6) is 0 Å². The third-order valence-electron chi connectivity index (χ3n) is 6.59. The first-order chi connectivity index (χ1) is 13.8. The van der Waals surface area contributed by atoms with Gasteiger partial charge in [-0.25, -0.2) is 0 Å². The lowest BCUT2D eigenvalue weighted by molar-refractivity contribution is -0.126. The van der Waals surface area contributed by atoms with E-state index in [9.17, 15) is 4.79 Å². The van der Waals surface area contributed by atoms with Crippen molar-refractivity contribution in [2.24, 2.45) is 5.92 Å². The fourth-order valence-electron chi connectivity index (χ4n) is 4.72. The highest BCUT2D eigenvalue weighted by molar-refractivity contribution is 5.78. The van der Waals surface area contributed by atoms with Gasteiger partial charge in [0.2, 0.25) is 5.91 Å². The van der Waals surface area contributed by atoms with Gasteiger partial charge < -0.3 is 15.1 Å². The first kappa shape index (κ1) is 21.3. The maximum absolute atomic E-state index is 12.3. The van der Waals surface area contributed by atoms with Crippen molar-refractivity contribution in [3.63, 3.8) is 0 Å². The van der Waals surface area contributed by atoms with Gasteiger partial charge in [0.25, 0.3) is 0 Å². The summed E-state index contributed by atoms with van der Waals surface area (Å²) in [5.74, 6) is 0.535. The van der Waals surface area contributed by atoms with Crippen LogP contribution in [0.4, 0.5) is 0 Å². The van der Waals surface area contributed by atoms with E-state index in [4.69, 9.17) is 0 Å². The van der Waals surface area contributed by atoms with Gasteiger partial charge in [0.1, 0.15) is 0 Å². The number of aryl methyl sites for hydroxylation is 1. The second-order valence-electron chi connectivity index (χ2n) is 8.62. The molecule has 0 aliphatic carbocycles. The second-order valence-corrected chi connectivity index (χ2v) is 8.62. The summed E-state index contributed by atoms with van der Waals surface area (Å²) in [5, 5.41) is 3.12. The molecule has 4 nitrogen and oxygen atoms in total. The molecule has 28 heavy (non-hydrogen) atoms. The molecule has 0 radical (unpaired) electrons. The lowest BCUT2D eigenvalue weighted by Gasteiger charge is -2.41. The number of benzene rings is 1. The Kier molecular flexibility index (Phi) is 8.81. The second kappa shape index (κ2) is 11.6. The van der Waals surface area contributed by atoms with E-state index in [0.717, 1.165) is 51.4 Å². The van der Waals surface area contributed by atoms with Gasteiger partial charge in [-0.3, -0.25) is 4.79 Å². The van der Waals surface area contributed by atoms with E-state index in [-0.39, 0.29) is 5.92 Å². The van der Waals surface area contributed by atoms with Crippen LogP contribution in [0.15, 0.2) is 30.3 Å². The Balaban J connectivity index is 1.29. The summed E-state index contributed by atoms with van der Waals surface area (Å²) in [4.78, 5) is 17.6. The molecule has 2 fully saturated rings. The molecular weight excluding hydrogens is 346 g/mol. The first-order valence-electron chi connectivity index (χ1n) is 11.5. The maximum atomic E-state index is 12.3. The average molecular weight is 386 g/mol. The highest BCUT2D eigenvalue weighted by Gasteiger charge is 2.30. The maximum Gasteiger partial charge on any atom is 0.223 e. The normalized spacial score (nSPS) is 20.3. The Hall–Kier alpha value is -1.39. The zero-order valence-electron chi connectivity index (χ0n) is 17.7. The highest BCUT2D eigenvalue weighted by Crippen LogP contribution is 2.24. The fourth-order valence-corrected chi connectivity index (χ4v) is 4.72. The molecule has 0 aromatic heterocycles. The molecule has 1 aromatic rings. The third-order valence-corrected chi connectivity index (χ3v) is 6.59. The van der Waals surface area contributed by atoms with Crippen molar-refractivity contribution in [3.8, 4) is 0 Å². The molecule has 2 aliphatic rings. The van der Waals surface area contributed by atoms with Crippen LogP contribution in [0.25, 0.3) is 0 Å². The Morgan fingerprint density at radius 1 is 1.00 bits per heavy atom. The quantitative estimate of drug-likeness (QED) is 0.658. The fraction of sp³-hybridized carbons (Fsp3) is 0.708. The summed E-state index contributed by atoms with van der Waals surface area (Å²) < 4.78 is 0. The molecular formula is C24H39N3O. The lowest BCUT2D eigenvalue weighted by Crippen LogP contribution is -2.49. The summed E-state index contributed by atoms with van der Waals surface area (Å²) in [6.07, 6.45) is 9.34. The molecule has 1 aromatic carbocycles. The number of nitrogens with one attached hydrogen (secondary N) is 1. The number of carbonyl (C=O) groups excluding carboxylic acids is 1. The van der Waals surface area contributed by atoms with Crippen LogP contribution >= 0.6 is 0 Å². The predicted octanol–water partition coefficient (Wildman–Crippen LogP) is 3.71. The number of likely N-dealkylation sites (tertiary alicyclic amines) is 2. The number of amides is 1. The van der Waals surface area contributed by atoms with E-state index < -0.39 is 0 Å². The highest BCUT2D eigenvalue weighted by atomic mass is 16.1. The molecule has 4 heteroatoms. The van der Waals surface area contributed by atoms with E-state index in [2.05, 4.69) is 52.4 Å². The minimum atomic E-state index is 0.242. The van der Waals surface area contributed by atoms with Crippen molar-refractivity contribution in [2.45, 2.75) is 64.3 Å². The average Bonchev–Trinajstić information content (AvgIpc) is 2.75. The van der Waals surface area contributed by atoms with Crippen LogP contribution in [0, 0.1) is 5.92 Å². The van der Waals surface area contributed by atoms with Gasteiger partial charge in [0, 0.05) is 18.5 Å². The number of rotatable bonds is 9. The molecule has 2 saturated heterocycles. The molecule has 0 unspecified atom stereocenters. The van der Waals surface area contributed by atoms with Crippen molar-refractivity contribution < 1.29 is 4.79 Å². The van der Waals surface area contributed by atoms with E-state index >= 15 is 0 Å². The summed E-state index contributed by atoms with van der Waals surface area (Å²) >= 11 is 0. The molecule has 3 rings (SSSR count). The smallest absolute Gasteiger partial charge is 0.223 e. The molecule has 0 saturated carbocycles. The van der Waals surface area contributed by atoms with Gasteiger partial charge >= 0.3 is 0 Å². The van der Waals surface area contributed by atoms with Crippen LogP contribution in [-0.4, -0.2) is 61.0 Å². The Bertz CT molecular complexity index is 560. The SMILES string of the molecule is CCCCNC(=O)C1CCN(C2CCN(CCCc3ccccc3)CC2)CC1. The number of hydrogen-bond acceptors (Lipinski definition) is 3. The summed E-state index contributed by atoms with van der Waals surface area (Å²) in [6.45, 7) is 8.90. The number of nitrogens with zero attached hydrogens (tertiary/aromatic N) is 2. The summed E-state index contributed by atoms with van der Waals surface area (Å²) in [6, 6.07) is 11.6. The summed E-state index contributed by atoms with van der Waals surface area (Å²) in [7, 11) is 0. The Morgan fingerprint density at radius 3 is 2.39 bits per heavy atom. The van der Waals surface area contributed by atoms with Crippen LogP contribution in [0.3, 0.4) is 0 Å². The van der Waals surface area contributed by atoms with Crippen molar-refractivity contribution in [2.75, 3.05) is 39.3 Å². The minimum Gasteiger partial charge on any atom is -0.356 e. The Labute approximate surface area is 171 Å². The van der Waals surface area contributed by atoms with E-state index in [1.54, 1.807) is 0 Å². The molecule has 2 heterocycles. The standard InChI is InChI=1S/C24H39N3O/c1-2-3-15-25-24(28)22-11-19-27(20-12-22)23-13-17-26(18-14-23)16-7-10-21-8-5-4-6-9-21/h4-6,8-9,22-23H,2-3,7,10-20H2,1H3,(H,25,28). The van der Waals surface area contributed by atoms with Crippen molar-refractivity contribution in [1.29, 1.82) is 0 Å². The van der Waals surface area contributed by atoms with Gasteiger partial charge in [-0.2, -0.15) is 0 Å². The molecule has 156 valence electrons. The van der Waals surface area contributed by atoms with Crippen LogP contribution in [-0.2, 0) is 11.2 Å². The van der Waals surface area contributed by atoms with Gasteiger partial charge in [-0.15, -0.1) is 0 Å². The van der Waals surface area contributed by atoms with Gasteiger partial charge in [-0.1, -0.05) is 43.7 Å². The van der Waals surface area contributed by atoms with Crippen molar-refractivity contribution >= 4 is 5.91 Å². The van der Waals surface area contributed by atoms with Gasteiger partial charge in [0.05, 0.1) is 0 Å². The lowest BCUT2D eigenvalue weighted by atomic mass is 9.92. The van der Waals surface area contributed by atoms with Gasteiger partial charge in [0.15, 0.2) is 0 Å².